The van der Waals surface area contributed by atoms with Crippen LogP contribution >= 0.6 is 24.8 Å². The van der Waals surface area contributed by atoms with Gasteiger partial charge in [0.2, 0.25) is 5.91 Å². The standard InChI is InChI=1S/C21H32N4O.2ClH/c26-20(25-10-7-21(8-11-25)6-9-22-18-21)17-24-14-12-23(13-15-24)16-19-4-2-1-3-5-19;;/h1-5,22H,6-18H2;2*1H. The third-order valence-electron chi connectivity index (χ3n) is 6.58. The zero-order valence-electron chi connectivity index (χ0n) is 16.6. The molecule has 3 aliphatic rings. The molecule has 3 fully saturated rings. The second-order valence-corrected chi connectivity index (χ2v) is 8.35. The average Bonchev–Trinajstić information content (AvgIpc) is 3.13. The summed E-state index contributed by atoms with van der Waals surface area (Å²) in [6.07, 6.45) is 3.64. The van der Waals surface area contributed by atoms with Crippen molar-refractivity contribution in [2.24, 2.45) is 5.41 Å². The fourth-order valence-corrected chi connectivity index (χ4v) is 4.69. The Kier molecular flexibility index (Phi) is 9.03. The molecule has 0 aromatic heterocycles. The van der Waals surface area contributed by atoms with Crippen molar-refractivity contribution in [3.63, 3.8) is 0 Å². The van der Waals surface area contributed by atoms with Crippen LogP contribution in [-0.2, 0) is 11.3 Å². The van der Waals surface area contributed by atoms with E-state index in [1.54, 1.807) is 0 Å². The number of nitrogens with zero attached hydrogens (tertiary/aromatic N) is 3. The number of piperazine rings is 1. The molecule has 3 saturated heterocycles. The molecule has 0 atom stereocenters. The Labute approximate surface area is 181 Å². The van der Waals surface area contributed by atoms with Crippen LogP contribution in [0, 0.1) is 5.41 Å². The first kappa shape index (κ1) is 23.4. The van der Waals surface area contributed by atoms with Gasteiger partial charge in [0.1, 0.15) is 0 Å². The highest BCUT2D eigenvalue weighted by molar-refractivity contribution is 5.85. The van der Waals surface area contributed by atoms with E-state index in [-0.39, 0.29) is 24.8 Å². The first-order chi connectivity index (χ1) is 12.7. The van der Waals surface area contributed by atoms with Crippen LogP contribution in [0.2, 0.25) is 0 Å². The number of carbonyl (C=O) groups is 1. The summed E-state index contributed by atoms with van der Waals surface area (Å²) in [7, 11) is 0. The lowest BCUT2D eigenvalue weighted by atomic mass is 9.78. The summed E-state index contributed by atoms with van der Waals surface area (Å²) in [6.45, 7) is 9.94. The van der Waals surface area contributed by atoms with Crippen molar-refractivity contribution in [2.45, 2.75) is 25.8 Å². The molecule has 0 unspecified atom stereocenters. The van der Waals surface area contributed by atoms with Gasteiger partial charge < -0.3 is 10.2 Å². The molecule has 1 aromatic carbocycles. The van der Waals surface area contributed by atoms with Gasteiger partial charge in [-0.15, -0.1) is 24.8 Å². The molecule has 7 heteroatoms. The van der Waals surface area contributed by atoms with Crippen molar-refractivity contribution in [1.29, 1.82) is 0 Å². The van der Waals surface area contributed by atoms with Gasteiger partial charge in [-0.25, -0.2) is 0 Å². The van der Waals surface area contributed by atoms with E-state index in [0.29, 0.717) is 17.9 Å². The van der Waals surface area contributed by atoms with Crippen molar-refractivity contribution in [2.75, 3.05) is 58.9 Å². The third kappa shape index (κ3) is 5.83. The summed E-state index contributed by atoms with van der Waals surface area (Å²) in [5, 5.41) is 3.50. The number of likely N-dealkylation sites (tertiary alicyclic amines) is 1. The fourth-order valence-electron chi connectivity index (χ4n) is 4.69. The lowest BCUT2D eigenvalue weighted by Gasteiger charge is -2.40. The van der Waals surface area contributed by atoms with Crippen LogP contribution in [0.4, 0.5) is 0 Å². The Balaban J connectivity index is 0.00000140. The minimum atomic E-state index is 0. The van der Waals surface area contributed by atoms with E-state index < -0.39 is 0 Å². The van der Waals surface area contributed by atoms with Crippen molar-refractivity contribution in [3.05, 3.63) is 35.9 Å². The quantitative estimate of drug-likeness (QED) is 0.797. The Hall–Kier alpha value is -0.850. The molecule has 1 spiro atoms. The molecule has 1 aromatic rings. The van der Waals surface area contributed by atoms with Gasteiger partial charge in [0.25, 0.3) is 0 Å². The second-order valence-electron chi connectivity index (χ2n) is 8.35. The van der Waals surface area contributed by atoms with Crippen molar-refractivity contribution >= 4 is 30.7 Å². The van der Waals surface area contributed by atoms with Gasteiger partial charge in [-0.2, -0.15) is 0 Å². The number of hydrogen-bond acceptors (Lipinski definition) is 4. The number of hydrogen-bond donors (Lipinski definition) is 1. The maximum absolute atomic E-state index is 12.7. The van der Waals surface area contributed by atoms with Crippen molar-refractivity contribution in [3.8, 4) is 0 Å². The number of amides is 1. The Morgan fingerprint density at radius 2 is 1.54 bits per heavy atom. The van der Waals surface area contributed by atoms with Crippen molar-refractivity contribution < 1.29 is 4.79 Å². The topological polar surface area (TPSA) is 38.8 Å². The molecule has 3 heterocycles. The van der Waals surface area contributed by atoms with Crippen LogP contribution in [0.3, 0.4) is 0 Å². The monoisotopic (exact) mass is 428 g/mol. The fraction of sp³-hybridized carbons (Fsp3) is 0.667. The number of halogens is 2. The van der Waals surface area contributed by atoms with E-state index >= 15 is 0 Å². The van der Waals surface area contributed by atoms with E-state index in [9.17, 15) is 4.79 Å². The maximum atomic E-state index is 12.7. The summed E-state index contributed by atoms with van der Waals surface area (Å²) in [5.41, 5.74) is 1.86. The van der Waals surface area contributed by atoms with Gasteiger partial charge in [-0.05, 0) is 36.8 Å². The Bertz CT molecular complexity index is 592. The zero-order chi connectivity index (χ0) is 17.8. The molecule has 0 radical (unpaired) electrons. The Morgan fingerprint density at radius 1 is 0.893 bits per heavy atom. The lowest BCUT2D eigenvalue weighted by molar-refractivity contribution is -0.135. The molecule has 1 N–H and O–H groups in total. The number of carbonyl (C=O) groups excluding carboxylic acids is 1. The lowest BCUT2D eigenvalue weighted by Crippen LogP contribution is -2.51. The molecule has 0 bridgehead atoms. The minimum Gasteiger partial charge on any atom is -0.342 e. The van der Waals surface area contributed by atoms with E-state index in [1.807, 2.05) is 0 Å². The number of rotatable bonds is 4. The molecule has 0 saturated carbocycles. The number of piperidine rings is 1. The molecular weight excluding hydrogens is 395 g/mol. The summed E-state index contributed by atoms with van der Waals surface area (Å²) < 4.78 is 0. The second kappa shape index (κ2) is 10.8. The average molecular weight is 429 g/mol. The van der Waals surface area contributed by atoms with Crippen LogP contribution in [0.25, 0.3) is 0 Å². The van der Waals surface area contributed by atoms with Gasteiger partial charge in [-0.1, -0.05) is 30.3 Å². The maximum Gasteiger partial charge on any atom is 0.236 e. The third-order valence-corrected chi connectivity index (χ3v) is 6.58. The minimum absolute atomic E-state index is 0. The highest BCUT2D eigenvalue weighted by Crippen LogP contribution is 2.36. The molecule has 1 amide bonds. The number of nitrogens with one attached hydrogen (secondary N) is 1. The summed E-state index contributed by atoms with van der Waals surface area (Å²) in [6, 6.07) is 10.7. The van der Waals surface area contributed by atoms with E-state index in [0.717, 1.165) is 58.9 Å². The van der Waals surface area contributed by atoms with E-state index in [4.69, 9.17) is 0 Å². The van der Waals surface area contributed by atoms with Crippen LogP contribution in [0.5, 0.6) is 0 Å². The first-order valence-electron chi connectivity index (χ1n) is 10.2. The van der Waals surface area contributed by atoms with Crippen LogP contribution in [-0.4, -0.2) is 79.5 Å². The predicted molar refractivity (Wildman–Crippen MR) is 118 cm³/mol. The molecule has 3 aliphatic heterocycles. The molecule has 0 aliphatic carbocycles. The smallest absolute Gasteiger partial charge is 0.236 e. The summed E-state index contributed by atoms with van der Waals surface area (Å²) in [4.78, 5) is 19.6. The normalized spacial score (nSPS) is 22.5. The molecule has 5 nitrogen and oxygen atoms in total. The summed E-state index contributed by atoms with van der Waals surface area (Å²) in [5.74, 6) is 0.335. The number of benzene rings is 1. The molecule has 4 rings (SSSR count). The molecular formula is C21H34Cl2N4O. The predicted octanol–water partition coefficient (Wildman–Crippen LogP) is 2.25. The van der Waals surface area contributed by atoms with Gasteiger partial charge >= 0.3 is 0 Å². The SMILES string of the molecule is Cl.Cl.O=C(CN1CCN(Cc2ccccc2)CC1)N1CCC2(CCNC2)CC1. The summed E-state index contributed by atoms with van der Waals surface area (Å²) >= 11 is 0. The highest BCUT2D eigenvalue weighted by Gasteiger charge is 2.38. The van der Waals surface area contributed by atoms with Crippen LogP contribution in [0.15, 0.2) is 30.3 Å². The van der Waals surface area contributed by atoms with E-state index in [2.05, 4.69) is 50.3 Å². The van der Waals surface area contributed by atoms with Crippen LogP contribution in [0.1, 0.15) is 24.8 Å². The molecule has 158 valence electrons. The van der Waals surface area contributed by atoms with Gasteiger partial charge in [0.05, 0.1) is 6.54 Å². The van der Waals surface area contributed by atoms with Gasteiger partial charge in [-0.3, -0.25) is 14.6 Å². The largest absolute Gasteiger partial charge is 0.342 e. The van der Waals surface area contributed by atoms with Gasteiger partial charge in [0, 0.05) is 52.4 Å². The molecule has 28 heavy (non-hydrogen) atoms. The Morgan fingerprint density at radius 3 is 2.14 bits per heavy atom. The van der Waals surface area contributed by atoms with E-state index in [1.165, 1.54) is 24.8 Å². The highest BCUT2D eigenvalue weighted by atomic mass is 35.5. The van der Waals surface area contributed by atoms with Gasteiger partial charge in [0.15, 0.2) is 0 Å². The van der Waals surface area contributed by atoms with Crippen LogP contribution < -0.4 is 5.32 Å². The zero-order valence-corrected chi connectivity index (χ0v) is 18.3. The van der Waals surface area contributed by atoms with Crippen molar-refractivity contribution in [1.82, 2.24) is 20.0 Å². The first-order valence-corrected chi connectivity index (χ1v) is 10.2.